The summed E-state index contributed by atoms with van der Waals surface area (Å²) in [5.41, 5.74) is 1.80. The molecule has 0 aliphatic rings. The quantitative estimate of drug-likeness (QED) is 0.248. The van der Waals surface area contributed by atoms with Crippen molar-refractivity contribution in [3.05, 3.63) is 35.4 Å². The van der Waals surface area contributed by atoms with Gasteiger partial charge < -0.3 is 25.6 Å². The minimum Gasteiger partial charge on any atom is -0.383 e. The number of nitrogens with one attached hydrogen (secondary N) is 3. The molecule has 0 fully saturated rings. The minimum atomic E-state index is -0.0627. The van der Waals surface area contributed by atoms with E-state index in [4.69, 9.17) is 4.74 Å². The molecule has 27 heavy (non-hydrogen) atoms. The summed E-state index contributed by atoms with van der Waals surface area (Å²) >= 11 is 0. The third kappa shape index (κ3) is 11.1. The Morgan fingerprint density at radius 1 is 1.26 bits per heavy atom. The zero-order valence-corrected chi connectivity index (χ0v) is 19.2. The maximum absolute atomic E-state index is 11.7. The second kappa shape index (κ2) is 15.6. The summed E-state index contributed by atoms with van der Waals surface area (Å²) < 4.78 is 5.08. The Morgan fingerprint density at radius 3 is 2.70 bits per heavy atom. The van der Waals surface area contributed by atoms with Gasteiger partial charge in [0.25, 0.3) is 5.91 Å². The SMILES string of the molecule is CCNC(=NCCN(C)CCOC)NCCc1cccc(C(=O)NC)c1.I. The van der Waals surface area contributed by atoms with Crippen LogP contribution in [0, 0.1) is 0 Å². The lowest BCUT2D eigenvalue weighted by molar-refractivity contribution is 0.0963. The third-order valence-electron chi connectivity index (χ3n) is 3.90. The third-order valence-corrected chi connectivity index (χ3v) is 3.90. The molecule has 0 radical (unpaired) electrons. The van der Waals surface area contributed by atoms with Crippen LogP contribution in [0.25, 0.3) is 0 Å². The molecule has 0 bridgehead atoms. The first-order chi connectivity index (χ1) is 12.6. The molecule has 0 atom stereocenters. The Kier molecular flexibility index (Phi) is 14.8. The number of halogens is 1. The van der Waals surface area contributed by atoms with E-state index in [1.165, 1.54) is 0 Å². The van der Waals surface area contributed by atoms with E-state index in [-0.39, 0.29) is 29.9 Å². The molecule has 0 aromatic heterocycles. The number of guanidine groups is 1. The van der Waals surface area contributed by atoms with E-state index in [9.17, 15) is 4.79 Å². The number of rotatable bonds is 11. The van der Waals surface area contributed by atoms with Crippen molar-refractivity contribution in [1.82, 2.24) is 20.9 Å². The Hall–Kier alpha value is -1.39. The van der Waals surface area contributed by atoms with Crippen molar-refractivity contribution >= 4 is 35.8 Å². The fraction of sp³-hybridized carbons (Fsp3) is 0.579. The summed E-state index contributed by atoms with van der Waals surface area (Å²) in [5, 5.41) is 9.25. The largest absolute Gasteiger partial charge is 0.383 e. The summed E-state index contributed by atoms with van der Waals surface area (Å²) in [6.45, 7) is 6.86. The molecule has 154 valence electrons. The molecule has 7 nitrogen and oxygen atoms in total. The molecule has 0 aliphatic heterocycles. The van der Waals surface area contributed by atoms with E-state index in [1.54, 1.807) is 14.2 Å². The first-order valence-corrected chi connectivity index (χ1v) is 9.11. The summed E-state index contributed by atoms with van der Waals surface area (Å²) in [7, 11) is 5.42. The van der Waals surface area contributed by atoms with Gasteiger partial charge in [0.05, 0.1) is 13.2 Å². The molecule has 0 aliphatic carbocycles. The Balaban J connectivity index is 0.00000676. The topological polar surface area (TPSA) is 78.0 Å². The average Bonchev–Trinajstić information content (AvgIpc) is 2.66. The maximum Gasteiger partial charge on any atom is 0.251 e. The van der Waals surface area contributed by atoms with Gasteiger partial charge in [-0.25, -0.2) is 0 Å². The van der Waals surface area contributed by atoms with Gasteiger partial charge >= 0.3 is 0 Å². The Labute approximate surface area is 180 Å². The molecule has 8 heteroatoms. The molecule has 0 unspecified atom stereocenters. The molecule has 0 saturated heterocycles. The second-order valence-electron chi connectivity index (χ2n) is 6.01. The van der Waals surface area contributed by atoms with E-state index in [0.29, 0.717) is 5.56 Å². The van der Waals surface area contributed by atoms with Crippen LogP contribution in [0.2, 0.25) is 0 Å². The normalized spacial score (nSPS) is 11.1. The first-order valence-electron chi connectivity index (χ1n) is 9.11. The number of hydrogen-bond acceptors (Lipinski definition) is 4. The van der Waals surface area contributed by atoms with Gasteiger partial charge in [-0.3, -0.25) is 9.79 Å². The van der Waals surface area contributed by atoms with Gasteiger partial charge in [0.15, 0.2) is 5.96 Å². The van der Waals surface area contributed by atoms with Crippen LogP contribution < -0.4 is 16.0 Å². The highest BCUT2D eigenvalue weighted by Gasteiger charge is 2.04. The van der Waals surface area contributed by atoms with Crippen LogP contribution in [-0.2, 0) is 11.2 Å². The summed E-state index contributed by atoms with van der Waals surface area (Å²) in [6.07, 6.45) is 0.822. The number of hydrogen-bond donors (Lipinski definition) is 3. The summed E-state index contributed by atoms with van der Waals surface area (Å²) in [5.74, 6) is 0.752. The minimum absolute atomic E-state index is 0. The van der Waals surface area contributed by atoms with Crippen molar-refractivity contribution in [1.29, 1.82) is 0 Å². The molecule has 0 saturated carbocycles. The van der Waals surface area contributed by atoms with Gasteiger partial charge in [0.2, 0.25) is 0 Å². The number of likely N-dealkylation sites (N-methyl/N-ethyl adjacent to an activating group) is 1. The number of benzene rings is 1. The molecule has 0 spiro atoms. The lowest BCUT2D eigenvalue weighted by Crippen LogP contribution is -2.39. The molecule has 0 heterocycles. The summed E-state index contributed by atoms with van der Waals surface area (Å²) in [6, 6.07) is 7.69. The fourth-order valence-corrected chi connectivity index (χ4v) is 2.37. The van der Waals surface area contributed by atoms with Crippen LogP contribution in [0.1, 0.15) is 22.8 Å². The molecule has 1 aromatic rings. The predicted molar refractivity (Wildman–Crippen MR) is 122 cm³/mol. The lowest BCUT2D eigenvalue weighted by Gasteiger charge is -2.15. The molecule has 1 amide bonds. The van der Waals surface area contributed by atoms with Crippen molar-refractivity contribution in [2.45, 2.75) is 13.3 Å². The van der Waals surface area contributed by atoms with E-state index < -0.39 is 0 Å². The van der Waals surface area contributed by atoms with Crippen LogP contribution in [0.5, 0.6) is 0 Å². The Bertz CT molecular complexity index is 569. The van der Waals surface area contributed by atoms with E-state index >= 15 is 0 Å². The van der Waals surface area contributed by atoms with E-state index in [1.807, 2.05) is 24.3 Å². The Morgan fingerprint density at radius 2 is 2.04 bits per heavy atom. The number of amides is 1. The number of aliphatic imine (C=N–C) groups is 1. The zero-order valence-electron chi connectivity index (χ0n) is 16.9. The molecular formula is C19H34IN5O2. The standard InChI is InChI=1S/C19H33N5O2.HI/c1-5-21-19(23-11-12-24(3)13-14-26-4)22-10-9-16-7-6-8-17(15-16)18(25)20-2;/h6-8,15H,5,9-14H2,1-4H3,(H,20,25)(H2,21,22,23);1H. The van der Waals surface area contributed by atoms with Gasteiger partial charge in [0, 0.05) is 45.9 Å². The zero-order chi connectivity index (χ0) is 19.2. The molecule has 1 rings (SSSR count). The first kappa shape index (κ1) is 25.6. The van der Waals surface area contributed by atoms with Crippen molar-refractivity contribution < 1.29 is 9.53 Å². The van der Waals surface area contributed by atoms with Crippen molar-refractivity contribution in [3.63, 3.8) is 0 Å². The number of nitrogens with zero attached hydrogens (tertiary/aromatic N) is 2. The van der Waals surface area contributed by atoms with Gasteiger partial charge in [-0.2, -0.15) is 0 Å². The highest BCUT2D eigenvalue weighted by molar-refractivity contribution is 14.0. The molecule has 3 N–H and O–H groups in total. The fourth-order valence-electron chi connectivity index (χ4n) is 2.37. The van der Waals surface area contributed by atoms with Crippen molar-refractivity contribution in [2.75, 3.05) is 60.5 Å². The lowest BCUT2D eigenvalue weighted by atomic mass is 10.1. The molecule has 1 aromatic carbocycles. The van der Waals surface area contributed by atoms with Gasteiger partial charge in [-0.15, -0.1) is 24.0 Å². The van der Waals surface area contributed by atoms with Crippen LogP contribution >= 0.6 is 24.0 Å². The van der Waals surface area contributed by atoms with Gasteiger partial charge in [-0.1, -0.05) is 12.1 Å². The van der Waals surface area contributed by atoms with Gasteiger partial charge in [0.1, 0.15) is 0 Å². The van der Waals surface area contributed by atoms with Crippen molar-refractivity contribution in [3.8, 4) is 0 Å². The average molecular weight is 491 g/mol. The van der Waals surface area contributed by atoms with Gasteiger partial charge in [-0.05, 0) is 38.1 Å². The maximum atomic E-state index is 11.7. The van der Waals surface area contributed by atoms with Crippen LogP contribution in [-0.4, -0.2) is 77.3 Å². The number of ether oxygens (including phenoxy) is 1. The monoisotopic (exact) mass is 491 g/mol. The van der Waals surface area contributed by atoms with Crippen LogP contribution in [0.4, 0.5) is 0 Å². The van der Waals surface area contributed by atoms with Crippen molar-refractivity contribution in [2.24, 2.45) is 4.99 Å². The van der Waals surface area contributed by atoms with E-state index in [2.05, 4.69) is 39.8 Å². The number of carbonyl (C=O) groups excluding carboxylic acids is 1. The van der Waals surface area contributed by atoms with Crippen LogP contribution in [0.3, 0.4) is 0 Å². The predicted octanol–water partition coefficient (Wildman–Crippen LogP) is 1.34. The number of methoxy groups -OCH3 is 1. The molecular weight excluding hydrogens is 457 g/mol. The highest BCUT2D eigenvalue weighted by Crippen LogP contribution is 2.05. The van der Waals surface area contributed by atoms with E-state index in [0.717, 1.165) is 57.3 Å². The highest BCUT2D eigenvalue weighted by atomic mass is 127. The van der Waals surface area contributed by atoms with Crippen LogP contribution in [0.15, 0.2) is 29.3 Å². The second-order valence-corrected chi connectivity index (χ2v) is 6.01. The smallest absolute Gasteiger partial charge is 0.251 e. The summed E-state index contributed by atoms with van der Waals surface area (Å²) in [4.78, 5) is 18.5. The number of carbonyl (C=O) groups is 1.